The Balaban J connectivity index is 1.01. The number of fused-ring (bicyclic) bond motifs is 10. The molecule has 15 aromatic rings. The number of hydrogen-bond donors (Lipinski definition) is 0. The van der Waals surface area contributed by atoms with E-state index in [1.807, 2.05) is 12.1 Å². The van der Waals surface area contributed by atoms with Crippen molar-refractivity contribution in [3.05, 3.63) is 313 Å². The summed E-state index contributed by atoms with van der Waals surface area (Å²) < 4.78 is 4.83. The lowest BCUT2D eigenvalue weighted by Crippen LogP contribution is -2.61. The Kier molecular flexibility index (Phi) is 13.1. The zero-order chi connectivity index (χ0) is 64.4. The van der Waals surface area contributed by atoms with E-state index < -0.39 is 0 Å². The summed E-state index contributed by atoms with van der Waals surface area (Å²) in [4.78, 5) is 9.16. The summed E-state index contributed by atoms with van der Waals surface area (Å²) in [6.45, 7) is 21.5. The minimum atomic E-state index is -0.255. The fourth-order valence-corrected chi connectivity index (χ4v) is 15.3. The van der Waals surface area contributed by atoms with Crippen LogP contribution in [0.25, 0.3) is 104 Å². The van der Waals surface area contributed by atoms with Crippen LogP contribution in [0.4, 0.5) is 39.8 Å². The van der Waals surface area contributed by atoms with E-state index >= 15 is 0 Å². The number of nitrogens with zero attached hydrogens (tertiary/aromatic N) is 6. The molecular formula is C88H65BN6. The Labute approximate surface area is 555 Å². The van der Waals surface area contributed by atoms with E-state index in [0.29, 0.717) is 11.3 Å². The average Bonchev–Trinajstić information content (AvgIpc) is 1.02. The molecule has 450 valence electrons. The van der Waals surface area contributed by atoms with E-state index in [-0.39, 0.29) is 17.5 Å². The largest absolute Gasteiger partial charge is 0.310 e. The fraction of sp³-hybridized carbons (Fsp3) is 0.0909. The molecule has 13 aromatic carbocycles. The minimum Gasteiger partial charge on any atom is -0.310 e. The van der Waals surface area contributed by atoms with Crippen molar-refractivity contribution < 1.29 is 0 Å². The van der Waals surface area contributed by atoms with E-state index in [1.165, 1.54) is 27.5 Å². The molecule has 7 heteroatoms. The normalized spacial score (nSPS) is 12.7. The first kappa shape index (κ1) is 57.0. The molecule has 0 N–H and O–H groups in total. The molecule has 2 aliphatic heterocycles. The molecule has 0 atom stereocenters. The van der Waals surface area contributed by atoms with Gasteiger partial charge >= 0.3 is 0 Å². The van der Waals surface area contributed by atoms with Gasteiger partial charge in [0, 0.05) is 72.5 Å². The van der Waals surface area contributed by atoms with Gasteiger partial charge in [0.2, 0.25) is 0 Å². The Morgan fingerprint density at radius 3 is 1.12 bits per heavy atom. The molecule has 95 heavy (non-hydrogen) atoms. The molecule has 0 aliphatic carbocycles. The lowest BCUT2D eigenvalue weighted by atomic mass is 9.33. The van der Waals surface area contributed by atoms with Gasteiger partial charge < -0.3 is 18.9 Å². The molecule has 0 saturated heterocycles. The molecule has 4 heterocycles. The third-order valence-electron chi connectivity index (χ3n) is 19.8. The van der Waals surface area contributed by atoms with Gasteiger partial charge in [0.25, 0.3) is 6.71 Å². The van der Waals surface area contributed by atoms with Gasteiger partial charge in [-0.2, -0.15) is 5.26 Å². The monoisotopic (exact) mass is 1220 g/mol. The highest BCUT2D eigenvalue weighted by atomic mass is 15.2. The number of anilines is 6. The highest BCUT2D eigenvalue weighted by Gasteiger charge is 2.45. The first-order valence-corrected chi connectivity index (χ1v) is 32.8. The standard InChI is InChI=1S/C88H65BN6/c1-87(2,3)61-38-46-77-71(50-61)70-49-56(55-90)37-45-76(70)92(77)64-41-43-74-82(53-64)94(85-66(57-23-12-8-13-24-57)31-20-32-67(85)58-25-14-9-15-26-58)80-35-22-36-81-84(80)89(74)75-44-42-65(93-78-47-39-62(88(4,5)6)51-72(78)73-52-63(91-7)40-48-79(73)93)54-83(75)95(81)86-68(59-27-16-10-17-28-59)33-21-34-69(86)60-29-18-11-19-30-60/h8-54H,1-6H3. The molecule has 0 saturated carbocycles. The fourth-order valence-electron chi connectivity index (χ4n) is 15.3. The Hall–Kier alpha value is -11.9. The van der Waals surface area contributed by atoms with Gasteiger partial charge in [0.15, 0.2) is 5.69 Å². The van der Waals surface area contributed by atoms with E-state index in [2.05, 4.69) is 344 Å². The Morgan fingerprint density at radius 2 is 0.726 bits per heavy atom. The number of hydrogen-bond acceptors (Lipinski definition) is 3. The van der Waals surface area contributed by atoms with Crippen molar-refractivity contribution in [3.63, 3.8) is 0 Å². The molecule has 0 bridgehead atoms. The van der Waals surface area contributed by atoms with E-state index in [0.717, 1.165) is 134 Å². The van der Waals surface area contributed by atoms with Gasteiger partial charge in [0.05, 0.1) is 51.6 Å². The molecule has 6 nitrogen and oxygen atoms in total. The third kappa shape index (κ3) is 9.14. The van der Waals surface area contributed by atoms with Gasteiger partial charge in [-0.25, -0.2) is 4.85 Å². The van der Waals surface area contributed by atoms with Crippen LogP contribution in [0.2, 0.25) is 0 Å². The summed E-state index contributed by atoms with van der Waals surface area (Å²) in [5.41, 5.74) is 28.7. The first-order valence-electron chi connectivity index (χ1n) is 32.8. The molecular weight excluding hydrogens is 1150 g/mol. The van der Waals surface area contributed by atoms with Gasteiger partial charge in [-0.15, -0.1) is 0 Å². The molecule has 0 amide bonds. The summed E-state index contributed by atoms with van der Waals surface area (Å²) in [7, 11) is 0. The van der Waals surface area contributed by atoms with Crippen molar-refractivity contribution in [1.82, 2.24) is 9.13 Å². The predicted octanol–water partition coefficient (Wildman–Crippen LogP) is 21.6. The van der Waals surface area contributed by atoms with Crippen molar-refractivity contribution in [2.24, 2.45) is 0 Å². The third-order valence-corrected chi connectivity index (χ3v) is 19.8. The Bertz CT molecular complexity index is 5250. The second-order valence-electron chi connectivity index (χ2n) is 27.5. The van der Waals surface area contributed by atoms with Crippen molar-refractivity contribution in [2.45, 2.75) is 52.4 Å². The topological polar surface area (TPSA) is 44.5 Å². The molecule has 2 aliphatic rings. The maximum atomic E-state index is 10.4. The maximum absolute atomic E-state index is 10.4. The van der Waals surface area contributed by atoms with Crippen LogP contribution in [0.3, 0.4) is 0 Å². The maximum Gasteiger partial charge on any atom is 0.252 e. The molecule has 0 spiro atoms. The van der Waals surface area contributed by atoms with Gasteiger partial charge in [-0.3, -0.25) is 0 Å². The van der Waals surface area contributed by atoms with Gasteiger partial charge in [0.1, 0.15) is 0 Å². The zero-order valence-corrected chi connectivity index (χ0v) is 53.9. The summed E-state index contributed by atoms with van der Waals surface area (Å²) in [6.07, 6.45) is 0. The van der Waals surface area contributed by atoms with Crippen LogP contribution in [0.5, 0.6) is 0 Å². The van der Waals surface area contributed by atoms with Crippen LogP contribution in [0, 0.1) is 17.9 Å². The summed E-state index contributed by atoms with van der Waals surface area (Å²) in [5, 5.41) is 14.7. The van der Waals surface area contributed by atoms with Gasteiger partial charge in [-0.1, -0.05) is 236 Å². The second-order valence-corrected chi connectivity index (χ2v) is 27.5. The van der Waals surface area contributed by atoms with Crippen molar-refractivity contribution in [3.8, 4) is 62.0 Å². The number of benzene rings is 13. The van der Waals surface area contributed by atoms with E-state index in [1.54, 1.807) is 0 Å². The number of rotatable bonds is 8. The highest BCUT2D eigenvalue weighted by molar-refractivity contribution is 7.00. The number of nitriles is 1. The van der Waals surface area contributed by atoms with Crippen molar-refractivity contribution in [2.75, 3.05) is 9.80 Å². The lowest BCUT2D eigenvalue weighted by Gasteiger charge is -2.45. The van der Waals surface area contributed by atoms with Crippen LogP contribution in [0.15, 0.2) is 285 Å². The summed E-state index contributed by atoms with van der Waals surface area (Å²) in [6, 6.07) is 107. The van der Waals surface area contributed by atoms with Crippen LogP contribution in [0.1, 0.15) is 58.2 Å². The quantitative estimate of drug-likeness (QED) is 0.112. The van der Waals surface area contributed by atoms with E-state index in [4.69, 9.17) is 6.57 Å². The second kappa shape index (κ2) is 21.9. The van der Waals surface area contributed by atoms with Crippen molar-refractivity contribution >= 4 is 107 Å². The first-order chi connectivity index (χ1) is 46.3. The SMILES string of the molecule is [C-]#[N+]c1ccc2c(c1)c1cc(C(C)(C)C)ccc1n2-c1ccc2c(c1)N(c1c(-c3ccccc3)cccc1-c1ccccc1)c1cccc3c1B2c1ccc(-n2c4ccc(C#N)cc4c4cc(C(C)(C)C)ccc42)cc1N3c1c(-c2ccccc2)cccc1-c1ccccc1. The smallest absolute Gasteiger partial charge is 0.252 e. The zero-order valence-electron chi connectivity index (χ0n) is 53.9. The number of para-hydroxylation sites is 2. The predicted molar refractivity (Wildman–Crippen MR) is 399 cm³/mol. The molecule has 0 fully saturated rings. The molecule has 0 radical (unpaired) electrons. The lowest BCUT2D eigenvalue weighted by molar-refractivity contribution is 0.591. The van der Waals surface area contributed by atoms with Crippen LogP contribution < -0.4 is 26.2 Å². The van der Waals surface area contributed by atoms with Gasteiger partial charge in [-0.05, 0) is 157 Å². The van der Waals surface area contributed by atoms with Crippen LogP contribution in [-0.4, -0.2) is 15.8 Å². The van der Waals surface area contributed by atoms with Crippen LogP contribution in [-0.2, 0) is 10.8 Å². The summed E-state index contributed by atoms with van der Waals surface area (Å²) in [5.74, 6) is 0. The minimum absolute atomic E-state index is 0.0950. The molecule has 2 aromatic heterocycles. The summed E-state index contributed by atoms with van der Waals surface area (Å²) >= 11 is 0. The Morgan fingerprint density at radius 1 is 0.358 bits per heavy atom. The van der Waals surface area contributed by atoms with E-state index in [9.17, 15) is 5.26 Å². The van der Waals surface area contributed by atoms with Crippen LogP contribution >= 0.6 is 0 Å². The average molecular weight is 1220 g/mol. The molecule has 0 unspecified atom stereocenters. The van der Waals surface area contributed by atoms with Crippen molar-refractivity contribution in [1.29, 1.82) is 5.26 Å². The highest BCUT2D eigenvalue weighted by Crippen LogP contribution is 2.53. The molecule has 17 rings (SSSR count). The number of aromatic nitrogens is 2.